The zero-order valence-corrected chi connectivity index (χ0v) is 10.7. The Balaban J connectivity index is 2.52. The van der Waals surface area contributed by atoms with Gasteiger partial charge in [-0.3, -0.25) is 14.9 Å². The van der Waals surface area contributed by atoms with Gasteiger partial charge in [-0.25, -0.2) is 14.1 Å². The normalized spacial score (nSPS) is 17.7. The van der Waals surface area contributed by atoms with Gasteiger partial charge in [-0.15, -0.1) is 0 Å². The summed E-state index contributed by atoms with van der Waals surface area (Å²) < 4.78 is 13.3. The Bertz CT molecular complexity index is 676. The summed E-state index contributed by atoms with van der Waals surface area (Å²) in [5, 5.41) is 10.8. The van der Waals surface area contributed by atoms with Gasteiger partial charge < -0.3 is 0 Å². The molecule has 102 valence electrons. The van der Waals surface area contributed by atoms with Gasteiger partial charge in [0.05, 0.1) is 11.3 Å². The Morgan fingerprint density at radius 2 is 1.95 bits per heavy atom. The van der Waals surface area contributed by atoms with Crippen LogP contribution in [0.3, 0.4) is 0 Å². The summed E-state index contributed by atoms with van der Waals surface area (Å²) in [5.41, 5.74) is -1.68. The fourth-order valence-corrected chi connectivity index (χ4v) is 1.75. The van der Waals surface area contributed by atoms with E-state index in [0.717, 1.165) is 17.0 Å². The van der Waals surface area contributed by atoms with E-state index >= 15 is 0 Å². The van der Waals surface area contributed by atoms with Crippen LogP contribution in [-0.4, -0.2) is 17.8 Å². The first kappa shape index (κ1) is 13.7. The highest BCUT2D eigenvalue weighted by atomic mass is 19.1. The lowest BCUT2D eigenvalue weighted by molar-refractivity contribution is -0.140. The van der Waals surface area contributed by atoms with Crippen molar-refractivity contribution in [1.82, 2.24) is 5.32 Å². The number of barbiturate groups is 1. The first-order valence-electron chi connectivity index (χ1n) is 5.68. The molecule has 20 heavy (non-hydrogen) atoms. The molecule has 0 bridgehead atoms. The van der Waals surface area contributed by atoms with E-state index in [0.29, 0.717) is 0 Å². The molecule has 0 spiro atoms. The summed E-state index contributed by atoms with van der Waals surface area (Å²) in [5.74, 6) is -2.19. The molecule has 1 aromatic carbocycles. The molecule has 1 heterocycles. The molecule has 6 nitrogen and oxygen atoms in total. The molecule has 1 aromatic rings. The van der Waals surface area contributed by atoms with Crippen molar-refractivity contribution in [1.29, 1.82) is 5.26 Å². The lowest BCUT2D eigenvalue weighted by atomic mass is 9.88. The molecular formula is C13H10FN3O3. The van der Waals surface area contributed by atoms with Gasteiger partial charge in [0.2, 0.25) is 11.8 Å². The molecule has 0 radical (unpaired) electrons. The highest BCUT2D eigenvalue weighted by molar-refractivity contribution is 6.29. The highest BCUT2D eigenvalue weighted by Crippen LogP contribution is 2.28. The van der Waals surface area contributed by atoms with Crippen LogP contribution in [0.2, 0.25) is 0 Å². The van der Waals surface area contributed by atoms with Crippen LogP contribution in [0.15, 0.2) is 18.2 Å². The highest BCUT2D eigenvalue weighted by Gasteiger charge is 2.47. The molecule has 1 saturated heterocycles. The number of imide groups is 2. The Morgan fingerprint density at radius 1 is 1.30 bits per heavy atom. The summed E-state index contributed by atoms with van der Waals surface area (Å²) in [4.78, 5) is 36.3. The largest absolute Gasteiger partial charge is 0.335 e. The summed E-state index contributed by atoms with van der Waals surface area (Å²) in [7, 11) is 0. The summed E-state index contributed by atoms with van der Waals surface area (Å²) in [6.45, 7) is 2.75. The number of hydrogen-bond donors (Lipinski definition) is 1. The van der Waals surface area contributed by atoms with Crippen molar-refractivity contribution in [2.45, 2.75) is 13.8 Å². The fourth-order valence-electron chi connectivity index (χ4n) is 1.75. The summed E-state index contributed by atoms with van der Waals surface area (Å²) in [6, 6.07) is 3.96. The quantitative estimate of drug-likeness (QED) is 0.782. The van der Waals surface area contributed by atoms with Crippen molar-refractivity contribution in [2.75, 3.05) is 4.90 Å². The molecule has 4 amide bonds. The topological polar surface area (TPSA) is 90.3 Å². The van der Waals surface area contributed by atoms with Crippen molar-refractivity contribution < 1.29 is 18.8 Å². The van der Waals surface area contributed by atoms with Crippen LogP contribution in [-0.2, 0) is 9.59 Å². The average Bonchev–Trinajstić information content (AvgIpc) is 2.39. The third kappa shape index (κ3) is 1.91. The van der Waals surface area contributed by atoms with Crippen LogP contribution < -0.4 is 10.2 Å². The Kier molecular flexibility index (Phi) is 3.02. The number of halogens is 1. The van der Waals surface area contributed by atoms with E-state index in [9.17, 15) is 18.8 Å². The van der Waals surface area contributed by atoms with Crippen molar-refractivity contribution in [3.8, 4) is 6.07 Å². The van der Waals surface area contributed by atoms with Crippen molar-refractivity contribution in [2.24, 2.45) is 5.41 Å². The van der Waals surface area contributed by atoms with E-state index in [2.05, 4.69) is 5.32 Å². The first-order valence-corrected chi connectivity index (χ1v) is 5.68. The number of urea groups is 1. The molecule has 0 aromatic heterocycles. The third-order valence-corrected chi connectivity index (χ3v) is 3.06. The van der Waals surface area contributed by atoms with Crippen molar-refractivity contribution >= 4 is 23.5 Å². The number of carbonyl (C=O) groups is 3. The third-order valence-electron chi connectivity index (χ3n) is 3.06. The molecular weight excluding hydrogens is 265 g/mol. The van der Waals surface area contributed by atoms with Gasteiger partial charge in [-0.2, -0.15) is 5.26 Å². The number of carbonyl (C=O) groups excluding carboxylic acids is 3. The van der Waals surface area contributed by atoms with E-state index < -0.39 is 29.1 Å². The standard InChI is InChI=1S/C13H10FN3O3/c1-13(2)10(18)16-12(20)17(11(13)19)8-3-4-9(14)7(5-8)6-15/h3-5H,1-2H3,(H,16,18,20). The molecule has 1 fully saturated rings. The van der Waals surface area contributed by atoms with Crippen LogP contribution in [0.1, 0.15) is 19.4 Å². The average molecular weight is 275 g/mol. The molecule has 1 N–H and O–H groups in total. The minimum Gasteiger partial charge on any atom is -0.276 e. The number of hydrogen-bond acceptors (Lipinski definition) is 4. The molecule has 1 aliphatic rings. The number of nitrogens with zero attached hydrogens (tertiary/aromatic N) is 2. The van der Waals surface area contributed by atoms with Crippen molar-refractivity contribution in [3.05, 3.63) is 29.6 Å². The fraction of sp³-hybridized carbons (Fsp3) is 0.231. The number of nitrogens with one attached hydrogen (secondary N) is 1. The second-order valence-electron chi connectivity index (χ2n) is 4.80. The number of benzene rings is 1. The minimum atomic E-state index is -1.42. The van der Waals surface area contributed by atoms with Crippen LogP contribution in [0, 0.1) is 22.6 Å². The van der Waals surface area contributed by atoms with E-state index in [4.69, 9.17) is 5.26 Å². The van der Waals surface area contributed by atoms with Crippen LogP contribution in [0.4, 0.5) is 14.9 Å². The molecule has 0 saturated carbocycles. The van der Waals surface area contributed by atoms with Crippen LogP contribution >= 0.6 is 0 Å². The van der Waals surface area contributed by atoms with Gasteiger partial charge in [0.15, 0.2) is 0 Å². The van der Waals surface area contributed by atoms with E-state index in [1.165, 1.54) is 19.9 Å². The van der Waals surface area contributed by atoms with Gasteiger partial charge in [0.25, 0.3) is 0 Å². The second-order valence-corrected chi connectivity index (χ2v) is 4.80. The van der Waals surface area contributed by atoms with Crippen molar-refractivity contribution in [3.63, 3.8) is 0 Å². The predicted octanol–water partition coefficient (Wildman–Crippen LogP) is 1.31. The Morgan fingerprint density at radius 3 is 2.55 bits per heavy atom. The number of anilines is 1. The van der Waals surface area contributed by atoms with Crippen LogP contribution in [0.25, 0.3) is 0 Å². The van der Waals surface area contributed by atoms with Gasteiger partial charge in [-0.1, -0.05) is 0 Å². The number of rotatable bonds is 1. The van der Waals surface area contributed by atoms with E-state index in [1.54, 1.807) is 6.07 Å². The molecule has 2 rings (SSSR count). The summed E-state index contributed by atoms with van der Waals surface area (Å²) in [6.07, 6.45) is 0. The minimum absolute atomic E-state index is 0.0334. The molecule has 7 heteroatoms. The maximum Gasteiger partial charge on any atom is 0.335 e. The van der Waals surface area contributed by atoms with Gasteiger partial charge in [-0.05, 0) is 32.0 Å². The zero-order chi connectivity index (χ0) is 15.1. The van der Waals surface area contributed by atoms with Gasteiger partial charge in [0, 0.05) is 0 Å². The summed E-state index contributed by atoms with van der Waals surface area (Å²) >= 11 is 0. The van der Waals surface area contributed by atoms with Crippen LogP contribution in [0.5, 0.6) is 0 Å². The Hall–Kier alpha value is -2.75. The molecule has 1 aliphatic heterocycles. The number of nitriles is 1. The van der Waals surface area contributed by atoms with Gasteiger partial charge in [0.1, 0.15) is 17.3 Å². The molecule has 0 unspecified atom stereocenters. The SMILES string of the molecule is CC1(C)C(=O)NC(=O)N(c2ccc(F)c(C#N)c2)C1=O. The monoisotopic (exact) mass is 275 g/mol. The maximum atomic E-state index is 13.3. The lowest BCUT2D eigenvalue weighted by Crippen LogP contribution is -2.62. The molecule has 0 aliphatic carbocycles. The van der Waals surface area contributed by atoms with Gasteiger partial charge >= 0.3 is 6.03 Å². The predicted molar refractivity (Wildman–Crippen MR) is 65.9 cm³/mol. The zero-order valence-electron chi connectivity index (χ0n) is 10.7. The maximum absolute atomic E-state index is 13.3. The second kappa shape index (κ2) is 4.42. The van der Waals surface area contributed by atoms with E-state index in [1.807, 2.05) is 0 Å². The smallest absolute Gasteiger partial charge is 0.276 e. The lowest BCUT2D eigenvalue weighted by Gasteiger charge is -2.34. The first-order chi connectivity index (χ1) is 9.28. The number of amides is 4. The van der Waals surface area contributed by atoms with E-state index in [-0.39, 0.29) is 11.3 Å². The molecule has 0 atom stereocenters. The Labute approximate surface area is 113 Å².